The Morgan fingerprint density at radius 2 is 1.57 bits per heavy atom. The van der Waals surface area contributed by atoms with E-state index < -0.39 is 68.5 Å². The first kappa shape index (κ1) is 42.2. The highest BCUT2D eigenvalue weighted by molar-refractivity contribution is 7.91. The number of carbonyl (C=O) groups is 5. The van der Waals surface area contributed by atoms with Crippen LogP contribution in [0.15, 0.2) is 25.3 Å². The van der Waals surface area contributed by atoms with Crippen molar-refractivity contribution in [2.75, 3.05) is 24.6 Å². The topological polar surface area (TPSA) is 171 Å². The average molecular weight is 734 g/mol. The summed E-state index contributed by atoms with van der Waals surface area (Å²) in [6.07, 6.45) is 8.40. The first-order chi connectivity index (χ1) is 23.7. The van der Waals surface area contributed by atoms with Crippen molar-refractivity contribution in [2.24, 2.45) is 28.6 Å². The third-order valence-electron chi connectivity index (χ3n) is 11.0. The molecule has 0 spiro atoms. The van der Waals surface area contributed by atoms with E-state index in [1.165, 1.54) is 4.90 Å². The molecule has 12 nitrogen and oxygen atoms in total. The molecule has 2 aliphatic carbocycles. The van der Waals surface area contributed by atoms with Gasteiger partial charge in [0.2, 0.25) is 17.6 Å². The van der Waals surface area contributed by atoms with Crippen molar-refractivity contribution in [1.29, 1.82) is 0 Å². The molecule has 13 heteroatoms. The van der Waals surface area contributed by atoms with Crippen molar-refractivity contribution in [3.63, 3.8) is 0 Å². The summed E-state index contributed by atoms with van der Waals surface area (Å²) < 4.78 is 26.4. The Balaban J connectivity index is 1.83. The number of likely N-dealkylation sites (tertiary alicyclic amines) is 1. The van der Waals surface area contributed by atoms with E-state index in [0.29, 0.717) is 38.6 Å². The highest BCUT2D eigenvalue weighted by atomic mass is 32.2. The minimum absolute atomic E-state index is 0.0396. The Kier molecular flexibility index (Phi) is 14.1. The number of sulfone groups is 1. The summed E-state index contributed by atoms with van der Waals surface area (Å²) in [7, 11) is -3.45. The molecule has 5 atom stereocenters. The number of urea groups is 1. The van der Waals surface area contributed by atoms with Gasteiger partial charge in [-0.3, -0.25) is 19.2 Å². The molecular formula is C38H63N5O7S. The molecule has 288 valence electrons. The number of hydrogen-bond acceptors (Lipinski definition) is 7. The summed E-state index contributed by atoms with van der Waals surface area (Å²) in [4.78, 5) is 69.7. The van der Waals surface area contributed by atoms with Crippen molar-refractivity contribution >= 4 is 39.4 Å². The van der Waals surface area contributed by atoms with E-state index in [0.717, 1.165) is 19.3 Å². The highest BCUT2D eigenvalue weighted by Crippen LogP contribution is 2.65. The van der Waals surface area contributed by atoms with Crippen LogP contribution in [-0.4, -0.2) is 91.1 Å². The lowest BCUT2D eigenvalue weighted by Gasteiger charge is -2.40. The van der Waals surface area contributed by atoms with E-state index in [2.05, 4.69) is 34.4 Å². The lowest BCUT2D eigenvalue weighted by atomic mass is 9.83. The van der Waals surface area contributed by atoms with Crippen molar-refractivity contribution in [1.82, 2.24) is 26.2 Å². The number of allylic oxidation sites excluding steroid dienone is 1. The van der Waals surface area contributed by atoms with E-state index in [1.807, 2.05) is 48.5 Å². The molecule has 1 saturated heterocycles. The smallest absolute Gasteiger partial charge is 0.315 e. The van der Waals surface area contributed by atoms with Gasteiger partial charge in [0.15, 0.2) is 9.84 Å². The first-order valence-corrected chi connectivity index (χ1v) is 20.5. The zero-order valence-corrected chi connectivity index (χ0v) is 32.8. The molecule has 2 saturated carbocycles. The van der Waals surface area contributed by atoms with Gasteiger partial charge in [-0.1, -0.05) is 79.9 Å². The fourth-order valence-electron chi connectivity index (χ4n) is 7.82. The summed E-state index contributed by atoms with van der Waals surface area (Å²) in [6.45, 7) is 21.4. The van der Waals surface area contributed by atoms with Crippen LogP contribution in [0.1, 0.15) is 106 Å². The molecule has 3 unspecified atom stereocenters. The van der Waals surface area contributed by atoms with Gasteiger partial charge in [0.05, 0.1) is 23.1 Å². The van der Waals surface area contributed by atoms with Crippen LogP contribution >= 0.6 is 0 Å². The number of nitrogens with one attached hydrogen (secondary N) is 4. The van der Waals surface area contributed by atoms with Gasteiger partial charge < -0.3 is 26.2 Å². The lowest BCUT2D eigenvalue weighted by molar-refractivity contribution is -0.145. The SMILES string of the molecule is C=CCCNC(=O)C(=O)C(CCC=C)NC(=O)[C@@H]1C2C(CN1C(=O)[C@@H](NC(=O)NC1(CS(=O)(=O)CCC(C)C)CCCCC1)C(C)(C)C)C2(C)C. The Morgan fingerprint density at radius 1 is 0.941 bits per heavy atom. The summed E-state index contributed by atoms with van der Waals surface area (Å²) in [5, 5.41) is 11.2. The number of fused-ring (bicyclic) bond motifs is 1. The van der Waals surface area contributed by atoms with Crippen molar-refractivity contribution < 1.29 is 32.4 Å². The molecular weight excluding hydrogens is 671 g/mol. The molecule has 0 aromatic heterocycles. The van der Waals surface area contributed by atoms with Gasteiger partial charge in [-0.25, -0.2) is 13.2 Å². The Bertz CT molecular complexity index is 1430. The fraction of sp³-hybridized carbons (Fsp3) is 0.763. The molecule has 3 fully saturated rings. The molecule has 0 bridgehead atoms. The van der Waals surface area contributed by atoms with Crippen molar-refractivity contribution in [3.8, 4) is 0 Å². The van der Waals surface area contributed by atoms with E-state index in [4.69, 9.17) is 0 Å². The van der Waals surface area contributed by atoms with Gasteiger partial charge in [0.25, 0.3) is 5.91 Å². The van der Waals surface area contributed by atoms with Gasteiger partial charge >= 0.3 is 6.03 Å². The summed E-state index contributed by atoms with van der Waals surface area (Å²) in [5.41, 5.74) is -1.93. The van der Waals surface area contributed by atoms with Gasteiger partial charge in [0, 0.05) is 13.1 Å². The zero-order valence-electron chi connectivity index (χ0n) is 31.9. The van der Waals surface area contributed by atoms with Gasteiger partial charge in [0.1, 0.15) is 12.1 Å². The predicted octanol–water partition coefficient (Wildman–Crippen LogP) is 4.06. The van der Waals surface area contributed by atoms with E-state index >= 15 is 0 Å². The van der Waals surface area contributed by atoms with Crippen LogP contribution in [-0.2, 0) is 29.0 Å². The lowest BCUT2D eigenvalue weighted by Crippen LogP contribution is -2.64. The second-order valence-electron chi connectivity index (χ2n) is 17.0. The standard InChI is InChI=1S/C38H63N5O7S/c1-10-12-17-27(30(44)33(46)39-21-13-11-2)40-32(45)29-28-26(37(28,8)9)23-43(29)34(47)31(36(5,6)7)41-35(48)42-38(19-15-14-16-20-38)24-51(49,50)22-18-25(3)4/h10-11,25-29,31H,1-2,12-24H2,3-9H3,(H,39,46)(H,40,45)(H2,41,42,48)/t26?,27?,28?,29-,31+/m0/s1. The average Bonchev–Trinajstić information content (AvgIpc) is 3.34. The third kappa shape index (κ3) is 10.9. The predicted molar refractivity (Wildman–Crippen MR) is 199 cm³/mol. The number of hydrogen-bond donors (Lipinski definition) is 4. The van der Waals surface area contributed by atoms with E-state index in [-0.39, 0.29) is 47.6 Å². The molecule has 5 amide bonds. The summed E-state index contributed by atoms with van der Waals surface area (Å²) >= 11 is 0. The number of amides is 5. The number of nitrogens with zero attached hydrogens (tertiary/aromatic N) is 1. The largest absolute Gasteiger partial charge is 0.349 e. The molecule has 0 aromatic rings. The summed E-state index contributed by atoms with van der Waals surface area (Å²) in [5.74, 6) is -2.53. The molecule has 3 aliphatic rings. The fourth-order valence-corrected chi connectivity index (χ4v) is 10.00. The number of Topliss-reactive ketones (excluding diaryl/α,β-unsaturated/α-hetero) is 1. The summed E-state index contributed by atoms with van der Waals surface area (Å²) in [6, 6.07) is -3.68. The molecule has 0 aromatic carbocycles. The quantitative estimate of drug-likeness (QED) is 0.0935. The van der Waals surface area contributed by atoms with Gasteiger partial charge in [-0.15, -0.1) is 13.2 Å². The maximum absolute atomic E-state index is 14.5. The molecule has 0 radical (unpaired) electrons. The van der Waals surface area contributed by atoms with Crippen LogP contribution in [0.5, 0.6) is 0 Å². The molecule has 1 aliphatic heterocycles. The van der Waals surface area contributed by atoms with Crippen LogP contribution in [0.4, 0.5) is 4.79 Å². The van der Waals surface area contributed by atoms with Crippen LogP contribution in [0.25, 0.3) is 0 Å². The Labute approximate surface area is 305 Å². The van der Waals surface area contributed by atoms with Crippen LogP contribution in [0.3, 0.4) is 0 Å². The number of ketones is 1. The highest BCUT2D eigenvalue weighted by Gasteiger charge is 2.70. The molecule has 3 rings (SSSR count). The first-order valence-electron chi connectivity index (χ1n) is 18.6. The monoisotopic (exact) mass is 733 g/mol. The van der Waals surface area contributed by atoms with Crippen LogP contribution in [0, 0.1) is 28.6 Å². The molecule has 4 N–H and O–H groups in total. The number of rotatable bonds is 18. The second kappa shape index (κ2) is 17.1. The second-order valence-corrected chi connectivity index (χ2v) is 19.2. The Morgan fingerprint density at radius 3 is 2.14 bits per heavy atom. The maximum atomic E-state index is 14.5. The molecule has 51 heavy (non-hydrogen) atoms. The van der Waals surface area contributed by atoms with Crippen LogP contribution in [0.2, 0.25) is 0 Å². The van der Waals surface area contributed by atoms with Gasteiger partial charge in [-0.05, 0) is 67.1 Å². The van der Waals surface area contributed by atoms with Crippen molar-refractivity contribution in [3.05, 3.63) is 25.3 Å². The minimum Gasteiger partial charge on any atom is -0.349 e. The van der Waals surface area contributed by atoms with Crippen LogP contribution < -0.4 is 21.3 Å². The van der Waals surface area contributed by atoms with E-state index in [1.54, 1.807) is 12.2 Å². The maximum Gasteiger partial charge on any atom is 0.315 e. The zero-order chi connectivity index (χ0) is 38.4. The molecule has 1 heterocycles. The normalized spacial score (nSPS) is 23.3. The van der Waals surface area contributed by atoms with E-state index in [9.17, 15) is 32.4 Å². The van der Waals surface area contributed by atoms with Crippen molar-refractivity contribution in [2.45, 2.75) is 130 Å². The minimum atomic E-state index is -3.45. The third-order valence-corrected chi connectivity index (χ3v) is 12.8. The number of carbonyl (C=O) groups excluding carboxylic acids is 5. The number of piperidine rings is 1. The Hall–Kier alpha value is -3.22. The van der Waals surface area contributed by atoms with Gasteiger partial charge in [-0.2, -0.15) is 0 Å².